The third-order valence-electron chi connectivity index (χ3n) is 2.88. The number of rotatable bonds is 1. The van der Waals surface area contributed by atoms with Gasteiger partial charge in [0.2, 0.25) is 0 Å². The molecule has 1 aliphatic heterocycles. The summed E-state index contributed by atoms with van der Waals surface area (Å²) in [6, 6.07) is 5.27. The SMILES string of the molecule is CC1(C)CN(C(=O)c2cc(N)cc(Br)c2)CCO1. The van der Waals surface area contributed by atoms with Crippen molar-refractivity contribution in [2.24, 2.45) is 0 Å². The third-order valence-corrected chi connectivity index (χ3v) is 3.34. The molecule has 4 nitrogen and oxygen atoms in total. The molecule has 1 aliphatic rings. The molecule has 1 heterocycles. The molecule has 1 amide bonds. The highest BCUT2D eigenvalue weighted by Gasteiger charge is 2.30. The molecule has 98 valence electrons. The van der Waals surface area contributed by atoms with Gasteiger partial charge in [-0.15, -0.1) is 0 Å². The molecule has 18 heavy (non-hydrogen) atoms. The molecule has 0 radical (unpaired) electrons. The number of carbonyl (C=O) groups excluding carboxylic acids is 1. The second-order valence-corrected chi connectivity index (χ2v) is 6.02. The second kappa shape index (κ2) is 4.90. The van der Waals surface area contributed by atoms with Gasteiger partial charge in [0.15, 0.2) is 0 Å². The van der Waals surface area contributed by atoms with Crippen molar-refractivity contribution >= 4 is 27.5 Å². The van der Waals surface area contributed by atoms with Gasteiger partial charge in [-0.3, -0.25) is 4.79 Å². The highest BCUT2D eigenvalue weighted by molar-refractivity contribution is 9.10. The summed E-state index contributed by atoms with van der Waals surface area (Å²) in [5, 5.41) is 0. The molecule has 1 aromatic rings. The Morgan fingerprint density at radius 1 is 1.44 bits per heavy atom. The van der Waals surface area contributed by atoms with E-state index in [1.165, 1.54) is 0 Å². The smallest absolute Gasteiger partial charge is 0.254 e. The first-order chi connectivity index (χ1) is 8.37. The first-order valence-electron chi connectivity index (χ1n) is 5.87. The molecule has 2 rings (SSSR count). The van der Waals surface area contributed by atoms with Gasteiger partial charge in [0, 0.05) is 28.8 Å². The Labute approximate surface area is 115 Å². The van der Waals surface area contributed by atoms with E-state index >= 15 is 0 Å². The summed E-state index contributed by atoms with van der Waals surface area (Å²) in [5.41, 5.74) is 6.66. The van der Waals surface area contributed by atoms with E-state index in [1.807, 2.05) is 18.7 Å². The Balaban J connectivity index is 2.20. The summed E-state index contributed by atoms with van der Waals surface area (Å²) in [6.07, 6.45) is 0. The number of hydrogen-bond acceptors (Lipinski definition) is 3. The number of halogens is 1. The average molecular weight is 313 g/mol. The number of benzene rings is 1. The molecule has 0 atom stereocenters. The summed E-state index contributed by atoms with van der Waals surface area (Å²) >= 11 is 3.35. The topological polar surface area (TPSA) is 55.6 Å². The first kappa shape index (κ1) is 13.4. The number of ether oxygens (including phenoxy) is 1. The summed E-state index contributed by atoms with van der Waals surface area (Å²) in [6.45, 7) is 5.76. The van der Waals surface area contributed by atoms with Crippen LogP contribution in [-0.4, -0.2) is 36.1 Å². The first-order valence-corrected chi connectivity index (χ1v) is 6.66. The van der Waals surface area contributed by atoms with Crippen molar-refractivity contribution in [3.63, 3.8) is 0 Å². The predicted molar refractivity (Wildman–Crippen MR) is 74.5 cm³/mol. The average Bonchev–Trinajstić information content (AvgIpc) is 2.25. The van der Waals surface area contributed by atoms with Gasteiger partial charge in [0.1, 0.15) is 0 Å². The molecule has 0 saturated carbocycles. The van der Waals surface area contributed by atoms with Crippen LogP contribution in [0.25, 0.3) is 0 Å². The van der Waals surface area contributed by atoms with Crippen LogP contribution in [-0.2, 0) is 4.74 Å². The maximum atomic E-state index is 12.4. The van der Waals surface area contributed by atoms with Crippen molar-refractivity contribution in [3.05, 3.63) is 28.2 Å². The lowest BCUT2D eigenvalue weighted by Crippen LogP contribution is -2.50. The minimum atomic E-state index is -0.286. The fourth-order valence-corrected chi connectivity index (χ4v) is 2.62. The Kier molecular flexibility index (Phi) is 3.64. The molecule has 0 bridgehead atoms. The van der Waals surface area contributed by atoms with Crippen LogP contribution in [0.1, 0.15) is 24.2 Å². The van der Waals surface area contributed by atoms with Crippen LogP contribution in [0.4, 0.5) is 5.69 Å². The van der Waals surface area contributed by atoms with Crippen LogP contribution >= 0.6 is 15.9 Å². The highest BCUT2D eigenvalue weighted by atomic mass is 79.9. The van der Waals surface area contributed by atoms with Gasteiger partial charge in [-0.25, -0.2) is 0 Å². The molecular weight excluding hydrogens is 296 g/mol. The number of amides is 1. The number of nitrogens with two attached hydrogens (primary N) is 1. The maximum Gasteiger partial charge on any atom is 0.254 e. The number of nitrogens with zero attached hydrogens (tertiary/aromatic N) is 1. The van der Waals surface area contributed by atoms with Crippen molar-refractivity contribution in [2.45, 2.75) is 19.4 Å². The molecule has 0 aromatic heterocycles. The largest absolute Gasteiger partial charge is 0.399 e. The van der Waals surface area contributed by atoms with Crippen molar-refractivity contribution < 1.29 is 9.53 Å². The highest BCUT2D eigenvalue weighted by Crippen LogP contribution is 2.22. The fourth-order valence-electron chi connectivity index (χ4n) is 2.11. The summed E-state index contributed by atoms with van der Waals surface area (Å²) in [5.74, 6) is -0.000579. The van der Waals surface area contributed by atoms with Gasteiger partial charge in [0.25, 0.3) is 5.91 Å². The third kappa shape index (κ3) is 3.03. The van der Waals surface area contributed by atoms with Crippen molar-refractivity contribution in [1.82, 2.24) is 4.90 Å². The lowest BCUT2D eigenvalue weighted by atomic mass is 10.1. The summed E-state index contributed by atoms with van der Waals surface area (Å²) in [4.78, 5) is 14.2. The molecule has 0 unspecified atom stereocenters. The molecular formula is C13H17BrN2O2. The monoisotopic (exact) mass is 312 g/mol. The molecule has 1 fully saturated rings. The van der Waals surface area contributed by atoms with E-state index in [-0.39, 0.29) is 11.5 Å². The van der Waals surface area contributed by atoms with Crippen LogP contribution in [0.2, 0.25) is 0 Å². The number of hydrogen-bond donors (Lipinski definition) is 1. The Morgan fingerprint density at radius 2 is 2.17 bits per heavy atom. The van der Waals surface area contributed by atoms with Gasteiger partial charge in [-0.1, -0.05) is 15.9 Å². The second-order valence-electron chi connectivity index (χ2n) is 5.11. The predicted octanol–water partition coefficient (Wildman–Crippen LogP) is 2.28. The molecule has 1 aromatic carbocycles. The van der Waals surface area contributed by atoms with Gasteiger partial charge in [-0.2, -0.15) is 0 Å². The van der Waals surface area contributed by atoms with Crippen molar-refractivity contribution in [3.8, 4) is 0 Å². The van der Waals surface area contributed by atoms with Crippen LogP contribution in [0.3, 0.4) is 0 Å². The zero-order valence-electron chi connectivity index (χ0n) is 10.6. The van der Waals surface area contributed by atoms with E-state index < -0.39 is 0 Å². The van der Waals surface area contributed by atoms with Crippen LogP contribution < -0.4 is 5.73 Å². The Morgan fingerprint density at radius 3 is 2.78 bits per heavy atom. The lowest BCUT2D eigenvalue weighted by molar-refractivity contribution is -0.0764. The van der Waals surface area contributed by atoms with E-state index in [0.29, 0.717) is 30.9 Å². The van der Waals surface area contributed by atoms with Crippen LogP contribution in [0.5, 0.6) is 0 Å². The normalized spacial score (nSPS) is 18.7. The Hall–Kier alpha value is -1.07. The standard InChI is InChI=1S/C13H17BrN2O2/c1-13(2)8-16(3-4-18-13)12(17)9-5-10(14)7-11(15)6-9/h5-7H,3-4,8,15H2,1-2H3. The Bertz CT molecular complexity index is 454. The molecule has 0 aliphatic carbocycles. The van der Waals surface area contributed by atoms with E-state index in [9.17, 15) is 4.79 Å². The van der Waals surface area contributed by atoms with E-state index in [4.69, 9.17) is 10.5 Å². The molecule has 0 spiro atoms. The van der Waals surface area contributed by atoms with Crippen LogP contribution in [0.15, 0.2) is 22.7 Å². The quantitative estimate of drug-likeness (QED) is 0.809. The van der Waals surface area contributed by atoms with Gasteiger partial charge < -0.3 is 15.4 Å². The van der Waals surface area contributed by atoms with E-state index in [0.717, 1.165) is 4.47 Å². The zero-order chi connectivity index (χ0) is 13.3. The van der Waals surface area contributed by atoms with E-state index in [1.54, 1.807) is 18.2 Å². The van der Waals surface area contributed by atoms with Gasteiger partial charge >= 0.3 is 0 Å². The number of nitrogen functional groups attached to an aromatic ring is 1. The molecule has 1 saturated heterocycles. The zero-order valence-corrected chi connectivity index (χ0v) is 12.2. The maximum absolute atomic E-state index is 12.4. The molecule has 2 N–H and O–H groups in total. The van der Waals surface area contributed by atoms with Gasteiger partial charge in [0.05, 0.1) is 12.2 Å². The molecule has 5 heteroatoms. The number of carbonyl (C=O) groups is 1. The fraction of sp³-hybridized carbons (Fsp3) is 0.462. The summed E-state index contributed by atoms with van der Waals surface area (Å²) in [7, 11) is 0. The van der Waals surface area contributed by atoms with Crippen molar-refractivity contribution in [2.75, 3.05) is 25.4 Å². The lowest BCUT2D eigenvalue weighted by Gasteiger charge is -2.38. The minimum Gasteiger partial charge on any atom is -0.399 e. The van der Waals surface area contributed by atoms with Gasteiger partial charge in [-0.05, 0) is 32.0 Å². The summed E-state index contributed by atoms with van der Waals surface area (Å²) < 4.78 is 6.42. The number of anilines is 1. The number of morpholine rings is 1. The van der Waals surface area contributed by atoms with Crippen molar-refractivity contribution in [1.29, 1.82) is 0 Å². The van der Waals surface area contributed by atoms with E-state index in [2.05, 4.69) is 15.9 Å². The minimum absolute atomic E-state index is 0.000579. The van der Waals surface area contributed by atoms with Crippen LogP contribution in [0, 0.1) is 0 Å².